The van der Waals surface area contributed by atoms with E-state index in [2.05, 4.69) is 11.4 Å². The van der Waals surface area contributed by atoms with Crippen molar-refractivity contribution in [1.29, 1.82) is 0 Å². The molecule has 1 aliphatic heterocycles. The number of amides is 3. The number of hydrogen-bond acceptors (Lipinski definition) is 5. The number of carbonyl (C=O) groups is 4. The van der Waals surface area contributed by atoms with Crippen molar-refractivity contribution < 1.29 is 23.9 Å². The van der Waals surface area contributed by atoms with Gasteiger partial charge in [-0.2, -0.15) is 0 Å². The van der Waals surface area contributed by atoms with Crippen molar-refractivity contribution in [2.75, 3.05) is 0 Å². The van der Waals surface area contributed by atoms with E-state index in [9.17, 15) is 19.2 Å². The maximum Gasteiger partial charge on any atom is 0.329 e. The standard InChI is InChI=1S/C24H24N2O5/c1-14(26-22(28)18-11-5-6-12-19(18)23(26)29)24(30)31-15(2)21(27)25-20-13-7-9-16-8-3-4-10-17(16)20/h3-6,8,10-12,14-15,20H,7,9,13H2,1-2H3,(H,25,27)/t14-,15+,20+/m0/s1. The molecule has 7 nitrogen and oxygen atoms in total. The van der Waals surface area contributed by atoms with E-state index in [1.807, 2.05) is 18.2 Å². The lowest BCUT2D eigenvalue weighted by Gasteiger charge is -2.28. The molecule has 2 aliphatic rings. The van der Waals surface area contributed by atoms with E-state index in [1.165, 1.54) is 19.4 Å². The van der Waals surface area contributed by atoms with Crippen LogP contribution in [0.1, 0.15) is 64.6 Å². The fourth-order valence-corrected chi connectivity index (χ4v) is 4.18. The summed E-state index contributed by atoms with van der Waals surface area (Å²) in [5, 5.41) is 2.96. The fraction of sp³-hybridized carbons (Fsp3) is 0.333. The van der Waals surface area contributed by atoms with Crippen molar-refractivity contribution in [2.45, 2.75) is 51.3 Å². The third-order valence-electron chi connectivity index (χ3n) is 5.90. The summed E-state index contributed by atoms with van der Waals surface area (Å²) in [5.74, 6) is -2.30. The van der Waals surface area contributed by atoms with Crippen LogP contribution in [0.3, 0.4) is 0 Å². The molecule has 3 amide bonds. The lowest BCUT2D eigenvalue weighted by Crippen LogP contribution is -2.46. The molecule has 0 saturated heterocycles. The van der Waals surface area contributed by atoms with Gasteiger partial charge < -0.3 is 10.1 Å². The molecule has 0 bridgehead atoms. The van der Waals surface area contributed by atoms with Crippen LogP contribution >= 0.6 is 0 Å². The molecule has 0 saturated carbocycles. The second kappa shape index (κ2) is 8.34. The highest BCUT2D eigenvalue weighted by Gasteiger charge is 2.41. The molecule has 31 heavy (non-hydrogen) atoms. The second-order valence-corrected chi connectivity index (χ2v) is 7.93. The molecule has 1 N–H and O–H groups in total. The first-order valence-corrected chi connectivity index (χ1v) is 10.4. The van der Waals surface area contributed by atoms with Crippen LogP contribution in [0.5, 0.6) is 0 Å². The zero-order valence-electron chi connectivity index (χ0n) is 17.5. The molecule has 1 aliphatic carbocycles. The molecule has 3 atom stereocenters. The Labute approximate surface area is 180 Å². The molecular formula is C24H24N2O5. The first kappa shape index (κ1) is 20.8. The van der Waals surface area contributed by atoms with Gasteiger partial charge in [0.25, 0.3) is 17.7 Å². The first-order chi connectivity index (χ1) is 14.9. The van der Waals surface area contributed by atoms with Crippen molar-refractivity contribution in [3.8, 4) is 0 Å². The van der Waals surface area contributed by atoms with Crippen LogP contribution in [0, 0.1) is 0 Å². The zero-order chi connectivity index (χ0) is 22.1. The lowest BCUT2D eigenvalue weighted by molar-refractivity contribution is -0.158. The van der Waals surface area contributed by atoms with E-state index in [1.54, 1.807) is 24.3 Å². The van der Waals surface area contributed by atoms with Crippen LogP contribution in [0.25, 0.3) is 0 Å². The van der Waals surface area contributed by atoms with Gasteiger partial charge in [-0.15, -0.1) is 0 Å². The van der Waals surface area contributed by atoms with Gasteiger partial charge in [-0.05, 0) is 56.4 Å². The van der Waals surface area contributed by atoms with Crippen LogP contribution in [-0.4, -0.2) is 40.7 Å². The van der Waals surface area contributed by atoms with Gasteiger partial charge in [-0.1, -0.05) is 36.4 Å². The largest absolute Gasteiger partial charge is 0.451 e. The third kappa shape index (κ3) is 3.83. The van der Waals surface area contributed by atoms with E-state index in [0.717, 1.165) is 29.7 Å². The van der Waals surface area contributed by atoms with E-state index in [4.69, 9.17) is 4.74 Å². The Balaban J connectivity index is 1.39. The van der Waals surface area contributed by atoms with Crippen molar-refractivity contribution >= 4 is 23.7 Å². The van der Waals surface area contributed by atoms with Crippen LogP contribution in [0.4, 0.5) is 0 Å². The molecular weight excluding hydrogens is 396 g/mol. The summed E-state index contributed by atoms with van der Waals surface area (Å²) in [4.78, 5) is 51.3. The highest BCUT2D eigenvalue weighted by molar-refractivity contribution is 6.22. The zero-order valence-corrected chi connectivity index (χ0v) is 17.5. The maximum atomic E-state index is 12.7. The maximum absolute atomic E-state index is 12.7. The Morgan fingerprint density at radius 2 is 1.61 bits per heavy atom. The summed E-state index contributed by atoms with van der Waals surface area (Å²) in [6.45, 7) is 2.91. The number of aryl methyl sites for hydroxylation is 1. The normalized spacial score (nSPS) is 19.3. The molecule has 1 heterocycles. The smallest absolute Gasteiger partial charge is 0.329 e. The first-order valence-electron chi connectivity index (χ1n) is 10.4. The van der Waals surface area contributed by atoms with E-state index >= 15 is 0 Å². The molecule has 0 fully saturated rings. The van der Waals surface area contributed by atoms with Gasteiger partial charge in [0.15, 0.2) is 6.10 Å². The molecule has 2 aromatic rings. The quantitative estimate of drug-likeness (QED) is 0.593. The lowest BCUT2D eigenvalue weighted by atomic mass is 9.87. The minimum absolute atomic E-state index is 0.132. The van der Waals surface area contributed by atoms with E-state index in [0.29, 0.717) is 0 Å². The summed E-state index contributed by atoms with van der Waals surface area (Å²) in [6, 6.07) is 13.1. The predicted molar refractivity (Wildman–Crippen MR) is 112 cm³/mol. The molecule has 0 radical (unpaired) electrons. The number of carbonyl (C=O) groups excluding carboxylic acids is 4. The Hall–Kier alpha value is -3.48. The summed E-state index contributed by atoms with van der Waals surface area (Å²) in [6.07, 6.45) is 1.70. The molecule has 160 valence electrons. The van der Waals surface area contributed by atoms with Crippen molar-refractivity contribution in [2.24, 2.45) is 0 Å². The van der Waals surface area contributed by atoms with Crippen LogP contribution in [-0.2, 0) is 20.7 Å². The highest BCUT2D eigenvalue weighted by atomic mass is 16.5. The molecule has 7 heteroatoms. The Kier molecular flexibility index (Phi) is 5.59. The third-order valence-corrected chi connectivity index (χ3v) is 5.90. The Morgan fingerprint density at radius 3 is 2.29 bits per heavy atom. The van der Waals surface area contributed by atoms with Gasteiger partial charge in [0.2, 0.25) is 0 Å². The van der Waals surface area contributed by atoms with Crippen molar-refractivity contribution in [1.82, 2.24) is 10.2 Å². The number of nitrogens with one attached hydrogen (secondary N) is 1. The number of imide groups is 1. The number of hydrogen-bond donors (Lipinski definition) is 1. The number of ether oxygens (including phenoxy) is 1. The average molecular weight is 420 g/mol. The Bertz CT molecular complexity index is 1030. The number of nitrogens with zero attached hydrogens (tertiary/aromatic N) is 1. The predicted octanol–water partition coefficient (Wildman–Crippen LogP) is 2.80. The molecule has 0 spiro atoms. The topological polar surface area (TPSA) is 92.8 Å². The highest BCUT2D eigenvalue weighted by Crippen LogP contribution is 2.29. The minimum Gasteiger partial charge on any atom is -0.451 e. The van der Waals surface area contributed by atoms with Gasteiger partial charge in [-0.3, -0.25) is 19.3 Å². The van der Waals surface area contributed by atoms with Crippen LogP contribution in [0.2, 0.25) is 0 Å². The molecule has 2 aromatic carbocycles. The van der Waals surface area contributed by atoms with E-state index in [-0.39, 0.29) is 17.2 Å². The van der Waals surface area contributed by atoms with Crippen LogP contribution < -0.4 is 5.32 Å². The Morgan fingerprint density at radius 1 is 1.00 bits per heavy atom. The van der Waals surface area contributed by atoms with Crippen LogP contribution in [0.15, 0.2) is 48.5 Å². The number of rotatable bonds is 5. The summed E-state index contributed by atoms with van der Waals surface area (Å²) in [7, 11) is 0. The molecule has 4 rings (SSSR count). The second-order valence-electron chi connectivity index (χ2n) is 7.93. The number of fused-ring (bicyclic) bond motifs is 2. The van der Waals surface area contributed by atoms with Crippen molar-refractivity contribution in [3.63, 3.8) is 0 Å². The van der Waals surface area contributed by atoms with Gasteiger partial charge in [-0.25, -0.2) is 4.79 Å². The van der Waals surface area contributed by atoms with Gasteiger partial charge >= 0.3 is 5.97 Å². The van der Waals surface area contributed by atoms with Crippen molar-refractivity contribution in [3.05, 3.63) is 70.8 Å². The summed E-state index contributed by atoms with van der Waals surface area (Å²) in [5.41, 5.74) is 2.81. The van der Waals surface area contributed by atoms with Gasteiger partial charge in [0.1, 0.15) is 6.04 Å². The number of esters is 1. The van der Waals surface area contributed by atoms with Gasteiger partial charge in [0, 0.05) is 0 Å². The average Bonchev–Trinajstić information content (AvgIpc) is 3.03. The molecule has 0 aromatic heterocycles. The van der Waals surface area contributed by atoms with E-state index < -0.39 is 35.8 Å². The van der Waals surface area contributed by atoms with Gasteiger partial charge in [0.05, 0.1) is 17.2 Å². The summed E-state index contributed by atoms with van der Waals surface area (Å²) >= 11 is 0. The number of benzene rings is 2. The minimum atomic E-state index is -1.14. The monoisotopic (exact) mass is 420 g/mol. The molecule has 0 unspecified atom stereocenters. The summed E-state index contributed by atoms with van der Waals surface area (Å²) < 4.78 is 5.31. The fourth-order valence-electron chi connectivity index (χ4n) is 4.18. The SMILES string of the molecule is C[C@@H](OC(=O)[C@H](C)N1C(=O)c2ccccc2C1=O)C(=O)N[C@@H]1CCCc2ccccc21.